The molecule has 20 heavy (non-hydrogen) atoms. The van der Waals surface area contributed by atoms with Crippen LogP contribution in [0.2, 0.25) is 0 Å². The molecular weight excluding hydrogens is 320 g/mol. The highest BCUT2D eigenvalue weighted by atomic mass is 35.5. The topological polar surface area (TPSA) is 66.5 Å². The number of halogens is 1. The minimum Gasteiger partial charge on any atom is -0.336 e. The molecule has 0 spiro atoms. The van der Waals surface area contributed by atoms with Gasteiger partial charge in [-0.15, -0.1) is 24.2 Å². The number of thioether (sulfide) groups is 1. The molecule has 0 bridgehead atoms. The van der Waals surface area contributed by atoms with Gasteiger partial charge in [0.05, 0.1) is 17.3 Å². The lowest BCUT2D eigenvalue weighted by atomic mass is 10.1. The lowest BCUT2D eigenvalue weighted by Crippen LogP contribution is -2.57. The van der Waals surface area contributed by atoms with Crippen LogP contribution < -0.4 is 5.32 Å². The van der Waals surface area contributed by atoms with Crippen LogP contribution >= 0.6 is 24.2 Å². The maximum absolute atomic E-state index is 12.2. The first-order valence-corrected chi connectivity index (χ1v) is 9.61. The zero-order chi connectivity index (χ0) is 14.0. The molecule has 0 aromatic heterocycles. The molecule has 0 aliphatic carbocycles. The van der Waals surface area contributed by atoms with Crippen LogP contribution in [-0.4, -0.2) is 66.9 Å². The highest BCUT2D eigenvalue weighted by Crippen LogP contribution is 2.25. The molecule has 1 N–H and O–H groups in total. The van der Waals surface area contributed by atoms with Crippen LogP contribution in [0.15, 0.2) is 0 Å². The molecule has 2 aliphatic rings. The monoisotopic (exact) mass is 342 g/mol. The smallest absolute Gasteiger partial charge is 0.232 e. The van der Waals surface area contributed by atoms with Gasteiger partial charge < -0.3 is 10.2 Å². The molecular formula is C12H23ClN2O3S2. The zero-order valence-corrected chi connectivity index (χ0v) is 14.3. The zero-order valence-electron chi connectivity index (χ0n) is 11.9. The number of amides is 1. The van der Waals surface area contributed by atoms with Crippen LogP contribution in [0.3, 0.4) is 0 Å². The number of rotatable bonds is 3. The van der Waals surface area contributed by atoms with Gasteiger partial charge in [0.2, 0.25) is 5.91 Å². The molecule has 5 nitrogen and oxygen atoms in total. The Labute approximate surface area is 131 Å². The fraction of sp³-hybridized carbons (Fsp3) is 0.917. The third-order valence-electron chi connectivity index (χ3n) is 3.99. The number of nitrogens with zero attached hydrogens (tertiary/aromatic N) is 1. The summed E-state index contributed by atoms with van der Waals surface area (Å²) >= 11 is 1.50. The fourth-order valence-electron chi connectivity index (χ4n) is 2.57. The summed E-state index contributed by atoms with van der Waals surface area (Å²) in [5.41, 5.74) is 0. The van der Waals surface area contributed by atoms with Gasteiger partial charge >= 0.3 is 0 Å². The maximum atomic E-state index is 12.2. The second-order valence-electron chi connectivity index (χ2n) is 5.41. The van der Waals surface area contributed by atoms with Gasteiger partial charge in [0, 0.05) is 30.4 Å². The number of piperazine rings is 1. The number of hydrogen-bond acceptors (Lipinski definition) is 5. The van der Waals surface area contributed by atoms with Gasteiger partial charge in [-0.05, 0) is 20.3 Å². The molecule has 1 amide bonds. The molecule has 0 radical (unpaired) electrons. The Morgan fingerprint density at radius 3 is 2.70 bits per heavy atom. The molecule has 2 fully saturated rings. The molecule has 2 aliphatic heterocycles. The first-order valence-electron chi connectivity index (χ1n) is 6.74. The Hall–Kier alpha value is 0.0200. The van der Waals surface area contributed by atoms with Crippen molar-refractivity contribution in [1.29, 1.82) is 0 Å². The quantitative estimate of drug-likeness (QED) is 0.810. The number of nitrogens with one attached hydrogen (secondary N) is 1. The van der Waals surface area contributed by atoms with Crippen molar-refractivity contribution in [3.8, 4) is 0 Å². The molecule has 8 heteroatoms. The number of sulfone groups is 1. The van der Waals surface area contributed by atoms with E-state index >= 15 is 0 Å². The Kier molecular flexibility index (Phi) is 6.63. The number of hydrogen-bond donors (Lipinski definition) is 1. The van der Waals surface area contributed by atoms with Crippen LogP contribution in [0, 0.1) is 0 Å². The molecule has 118 valence electrons. The molecule has 2 heterocycles. The van der Waals surface area contributed by atoms with Crippen molar-refractivity contribution in [3.63, 3.8) is 0 Å². The predicted octanol–water partition coefficient (Wildman–Crippen LogP) is 0.537. The summed E-state index contributed by atoms with van der Waals surface area (Å²) < 4.78 is 22.7. The van der Waals surface area contributed by atoms with Crippen LogP contribution in [-0.2, 0) is 14.6 Å². The summed E-state index contributed by atoms with van der Waals surface area (Å²) in [6, 6.07) is 0.517. The van der Waals surface area contributed by atoms with E-state index in [2.05, 4.69) is 19.2 Å². The third kappa shape index (κ3) is 4.51. The summed E-state index contributed by atoms with van der Waals surface area (Å²) in [4.78, 5) is 14.1. The van der Waals surface area contributed by atoms with Crippen molar-refractivity contribution in [2.45, 2.75) is 37.6 Å². The van der Waals surface area contributed by atoms with E-state index in [0.717, 1.165) is 13.1 Å². The van der Waals surface area contributed by atoms with Crippen molar-refractivity contribution < 1.29 is 13.2 Å². The summed E-state index contributed by atoms with van der Waals surface area (Å²) in [7, 11) is -2.84. The minimum absolute atomic E-state index is 0. The van der Waals surface area contributed by atoms with E-state index in [1.807, 2.05) is 4.90 Å². The van der Waals surface area contributed by atoms with Gasteiger partial charge in [-0.1, -0.05) is 0 Å². The summed E-state index contributed by atoms with van der Waals surface area (Å²) in [5.74, 6) is 1.05. The lowest BCUT2D eigenvalue weighted by Gasteiger charge is -2.38. The summed E-state index contributed by atoms with van der Waals surface area (Å²) in [6.07, 6.45) is 0.688. The van der Waals surface area contributed by atoms with Crippen LogP contribution in [0.4, 0.5) is 0 Å². The largest absolute Gasteiger partial charge is 0.336 e. The SMILES string of the molecule is CC1NCCN(C(=O)CSC2CCS(=O)(=O)C2)C1C.Cl. The van der Waals surface area contributed by atoms with E-state index in [1.165, 1.54) is 11.8 Å². The minimum atomic E-state index is -2.84. The van der Waals surface area contributed by atoms with Crippen LogP contribution in [0.1, 0.15) is 20.3 Å². The summed E-state index contributed by atoms with van der Waals surface area (Å²) in [6.45, 7) is 5.72. The highest BCUT2D eigenvalue weighted by molar-refractivity contribution is 8.02. The Morgan fingerprint density at radius 2 is 2.10 bits per heavy atom. The van der Waals surface area contributed by atoms with E-state index in [1.54, 1.807) is 0 Å². The standard InChI is InChI=1S/C12H22N2O3S2.ClH/c1-9-10(2)14(5-4-13-9)12(15)7-18-11-3-6-19(16,17)8-11;/h9-11,13H,3-8H2,1-2H3;1H. The lowest BCUT2D eigenvalue weighted by molar-refractivity contribution is -0.131. The first kappa shape index (κ1) is 18.1. The van der Waals surface area contributed by atoms with Crippen molar-refractivity contribution in [2.24, 2.45) is 0 Å². The fourth-order valence-corrected chi connectivity index (χ4v) is 6.10. The molecule has 2 saturated heterocycles. The van der Waals surface area contributed by atoms with E-state index in [-0.39, 0.29) is 41.1 Å². The van der Waals surface area contributed by atoms with Crippen LogP contribution in [0.25, 0.3) is 0 Å². The van der Waals surface area contributed by atoms with Crippen molar-refractivity contribution >= 4 is 39.9 Å². The van der Waals surface area contributed by atoms with Gasteiger partial charge in [-0.2, -0.15) is 0 Å². The Balaban J connectivity index is 0.00000200. The van der Waals surface area contributed by atoms with Gasteiger partial charge in [-0.3, -0.25) is 4.79 Å². The second-order valence-corrected chi connectivity index (χ2v) is 8.92. The van der Waals surface area contributed by atoms with Gasteiger partial charge in [0.25, 0.3) is 0 Å². The van der Waals surface area contributed by atoms with Gasteiger partial charge in [-0.25, -0.2) is 8.42 Å². The summed E-state index contributed by atoms with van der Waals surface area (Å²) in [5, 5.41) is 3.45. The molecule has 2 rings (SSSR count). The predicted molar refractivity (Wildman–Crippen MR) is 85.4 cm³/mol. The Bertz CT molecular complexity index is 444. The molecule has 0 aromatic rings. The number of carbonyl (C=O) groups excluding carboxylic acids is 1. The Morgan fingerprint density at radius 1 is 1.40 bits per heavy atom. The normalized spacial score (nSPS) is 32.7. The molecule has 0 saturated carbocycles. The third-order valence-corrected chi connectivity index (χ3v) is 7.25. The highest BCUT2D eigenvalue weighted by Gasteiger charge is 2.31. The van der Waals surface area contributed by atoms with E-state index in [9.17, 15) is 13.2 Å². The molecule has 3 unspecified atom stereocenters. The maximum Gasteiger partial charge on any atom is 0.232 e. The average Bonchev–Trinajstić information content (AvgIpc) is 2.69. The average molecular weight is 343 g/mol. The van der Waals surface area contributed by atoms with Gasteiger partial charge in [0.15, 0.2) is 9.84 Å². The van der Waals surface area contributed by atoms with Gasteiger partial charge in [0.1, 0.15) is 0 Å². The van der Waals surface area contributed by atoms with Crippen molar-refractivity contribution in [3.05, 3.63) is 0 Å². The molecule has 0 aromatic carbocycles. The molecule has 3 atom stereocenters. The van der Waals surface area contributed by atoms with E-state index < -0.39 is 9.84 Å². The second kappa shape index (κ2) is 7.33. The van der Waals surface area contributed by atoms with E-state index in [4.69, 9.17) is 0 Å². The first-order chi connectivity index (χ1) is 8.89. The number of carbonyl (C=O) groups is 1. The van der Waals surface area contributed by atoms with Crippen molar-refractivity contribution in [2.75, 3.05) is 30.3 Å². The van der Waals surface area contributed by atoms with E-state index in [0.29, 0.717) is 18.2 Å². The van der Waals surface area contributed by atoms with Crippen molar-refractivity contribution in [1.82, 2.24) is 10.2 Å². The van der Waals surface area contributed by atoms with Crippen LogP contribution in [0.5, 0.6) is 0 Å².